The highest BCUT2D eigenvalue weighted by atomic mass is 16.5. The van der Waals surface area contributed by atoms with Crippen LogP contribution >= 0.6 is 0 Å². The lowest BCUT2D eigenvalue weighted by atomic mass is 9.95. The summed E-state index contributed by atoms with van der Waals surface area (Å²) in [5, 5.41) is 3.00. The van der Waals surface area contributed by atoms with Gasteiger partial charge in [0.25, 0.3) is 0 Å². The quantitative estimate of drug-likeness (QED) is 0.831. The summed E-state index contributed by atoms with van der Waals surface area (Å²) < 4.78 is 5.66. The molecule has 1 aliphatic rings. The van der Waals surface area contributed by atoms with E-state index in [0.29, 0.717) is 13.2 Å². The van der Waals surface area contributed by atoms with Crippen molar-refractivity contribution < 1.29 is 9.53 Å². The average molecular weight is 295 g/mol. The van der Waals surface area contributed by atoms with E-state index in [1.807, 2.05) is 61.5 Å². The number of carbonyl (C=O) groups is 1. The molecule has 1 amide bonds. The van der Waals surface area contributed by atoms with Crippen LogP contribution in [0.25, 0.3) is 0 Å². The van der Waals surface area contributed by atoms with Gasteiger partial charge in [0, 0.05) is 0 Å². The number of carbonyl (C=O) groups excluding carboxylic acids is 1. The Bertz CT molecular complexity index is 647. The highest BCUT2D eigenvalue weighted by Crippen LogP contribution is 2.48. The molecule has 1 aliphatic carbocycles. The minimum Gasteiger partial charge on any atom is -0.492 e. The second-order valence-electron chi connectivity index (χ2n) is 5.87. The van der Waals surface area contributed by atoms with Gasteiger partial charge in [0.1, 0.15) is 12.4 Å². The Morgan fingerprint density at radius 1 is 1.14 bits per heavy atom. The lowest BCUT2D eigenvalue weighted by Crippen LogP contribution is -2.37. The predicted molar refractivity (Wildman–Crippen MR) is 87.0 cm³/mol. The van der Waals surface area contributed by atoms with Crippen molar-refractivity contribution in [3.05, 3.63) is 65.7 Å². The molecule has 3 heteroatoms. The highest BCUT2D eigenvalue weighted by Gasteiger charge is 2.50. The maximum absolute atomic E-state index is 12.4. The third kappa shape index (κ3) is 3.14. The molecular weight excluding hydrogens is 274 g/mol. The summed E-state index contributed by atoms with van der Waals surface area (Å²) >= 11 is 0. The lowest BCUT2D eigenvalue weighted by molar-refractivity contribution is -0.123. The van der Waals surface area contributed by atoms with Crippen LogP contribution in [-0.4, -0.2) is 19.1 Å². The van der Waals surface area contributed by atoms with Crippen molar-refractivity contribution in [3.63, 3.8) is 0 Å². The Hall–Kier alpha value is -2.29. The van der Waals surface area contributed by atoms with Gasteiger partial charge in [0.15, 0.2) is 0 Å². The SMILES string of the molecule is Cc1cccc(OCCNC(=O)C2(c3ccccc3)CC2)c1. The molecule has 114 valence electrons. The number of ether oxygens (including phenoxy) is 1. The van der Waals surface area contributed by atoms with Gasteiger partial charge in [-0.05, 0) is 43.0 Å². The fraction of sp³-hybridized carbons (Fsp3) is 0.316. The molecule has 3 rings (SSSR count). The molecule has 1 saturated carbocycles. The smallest absolute Gasteiger partial charge is 0.230 e. The predicted octanol–water partition coefficient (Wildman–Crippen LogP) is 3.22. The van der Waals surface area contributed by atoms with E-state index in [1.165, 1.54) is 5.56 Å². The Labute approximate surface area is 131 Å². The molecule has 1 fully saturated rings. The van der Waals surface area contributed by atoms with Crippen LogP contribution in [0.5, 0.6) is 5.75 Å². The van der Waals surface area contributed by atoms with Crippen LogP contribution < -0.4 is 10.1 Å². The van der Waals surface area contributed by atoms with E-state index in [4.69, 9.17) is 4.74 Å². The van der Waals surface area contributed by atoms with Crippen LogP contribution in [0.1, 0.15) is 24.0 Å². The third-order valence-corrected chi connectivity index (χ3v) is 4.16. The van der Waals surface area contributed by atoms with Gasteiger partial charge in [0.05, 0.1) is 12.0 Å². The van der Waals surface area contributed by atoms with Crippen molar-refractivity contribution in [1.82, 2.24) is 5.32 Å². The van der Waals surface area contributed by atoms with Gasteiger partial charge in [-0.3, -0.25) is 4.79 Å². The van der Waals surface area contributed by atoms with Crippen molar-refractivity contribution in [3.8, 4) is 5.75 Å². The van der Waals surface area contributed by atoms with Crippen molar-refractivity contribution in [1.29, 1.82) is 0 Å². The zero-order chi connectivity index (χ0) is 15.4. The van der Waals surface area contributed by atoms with Gasteiger partial charge in [-0.2, -0.15) is 0 Å². The largest absolute Gasteiger partial charge is 0.492 e. The normalized spacial score (nSPS) is 15.1. The topological polar surface area (TPSA) is 38.3 Å². The van der Waals surface area contributed by atoms with Gasteiger partial charge in [-0.25, -0.2) is 0 Å². The minimum atomic E-state index is -0.301. The number of hydrogen-bond acceptors (Lipinski definition) is 2. The monoisotopic (exact) mass is 295 g/mol. The number of benzene rings is 2. The second-order valence-corrected chi connectivity index (χ2v) is 5.87. The Balaban J connectivity index is 1.49. The van der Waals surface area contributed by atoms with Gasteiger partial charge in [-0.15, -0.1) is 0 Å². The molecule has 0 spiro atoms. The summed E-state index contributed by atoms with van der Waals surface area (Å²) in [6.07, 6.45) is 1.86. The molecule has 3 nitrogen and oxygen atoms in total. The Morgan fingerprint density at radius 3 is 2.59 bits per heavy atom. The zero-order valence-corrected chi connectivity index (χ0v) is 12.8. The molecule has 0 bridgehead atoms. The van der Waals surface area contributed by atoms with Gasteiger partial charge < -0.3 is 10.1 Å². The number of aryl methyl sites for hydroxylation is 1. The molecule has 0 aliphatic heterocycles. The van der Waals surface area contributed by atoms with Gasteiger partial charge in [-0.1, -0.05) is 42.5 Å². The molecular formula is C19H21NO2. The highest BCUT2D eigenvalue weighted by molar-refractivity contribution is 5.91. The van der Waals surface area contributed by atoms with Gasteiger partial charge in [0.2, 0.25) is 5.91 Å². The molecule has 0 radical (unpaired) electrons. The van der Waals surface area contributed by atoms with E-state index >= 15 is 0 Å². The minimum absolute atomic E-state index is 0.117. The zero-order valence-electron chi connectivity index (χ0n) is 12.8. The van der Waals surface area contributed by atoms with E-state index in [1.54, 1.807) is 0 Å². The Kier molecular flexibility index (Phi) is 4.14. The summed E-state index contributed by atoms with van der Waals surface area (Å²) in [4.78, 5) is 12.4. The maximum atomic E-state index is 12.4. The van der Waals surface area contributed by atoms with Crippen LogP contribution in [0.2, 0.25) is 0 Å². The number of rotatable bonds is 6. The molecule has 2 aromatic rings. The number of amides is 1. The summed E-state index contributed by atoms with van der Waals surface area (Å²) in [7, 11) is 0. The summed E-state index contributed by atoms with van der Waals surface area (Å²) in [6, 6.07) is 18.0. The molecule has 22 heavy (non-hydrogen) atoms. The first-order valence-electron chi connectivity index (χ1n) is 7.74. The molecule has 0 atom stereocenters. The van der Waals surface area contributed by atoms with E-state index in [0.717, 1.165) is 24.2 Å². The van der Waals surface area contributed by atoms with Crippen molar-refractivity contribution >= 4 is 5.91 Å². The fourth-order valence-electron chi connectivity index (χ4n) is 2.74. The van der Waals surface area contributed by atoms with E-state index in [-0.39, 0.29) is 11.3 Å². The summed E-state index contributed by atoms with van der Waals surface area (Å²) in [6.45, 7) is 3.05. The van der Waals surface area contributed by atoms with Crippen LogP contribution in [0.15, 0.2) is 54.6 Å². The molecule has 0 heterocycles. The summed E-state index contributed by atoms with van der Waals surface area (Å²) in [5.74, 6) is 0.963. The number of nitrogens with one attached hydrogen (secondary N) is 1. The van der Waals surface area contributed by atoms with E-state index in [2.05, 4.69) is 5.32 Å². The van der Waals surface area contributed by atoms with E-state index in [9.17, 15) is 4.79 Å². The first-order chi connectivity index (χ1) is 10.7. The van der Waals surface area contributed by atoms with Gasteiger partial charge >= 0.3 is 0 Å². The van der Waals surface area contributed by atoms with E-state index < -0.39 is 0 Å². The average Bonchev–Trinajstić information content (AvgIpc) is 3.34. The standard InChI is InChI=1S/C19H21NO2/c1-15-6-5-9-17(14-15)22-13-12-20-18(21)19(10-11-19)16-7-3-2-4-8-16/h2-9,14H,10-13H2,1H3,(H,20,21). The first kappa shape index (κ1) is 14.6. The molecule has 0 unspecified atom stereocenters. The lowest BCUT2D eigenvalue weighted by Gasteiger charge is -2.16. The number of hydrogen-bond donors (Lipinski definition) is 1. The maximum Gasteiger partial charge on any atom is 0.230 e. The Morgan fingerprint density at radius 2 is 1.91 bits per heavy atom. The van der Waals surface area contributed by atoms with Crippen molar-refractivity contribution in [2.45, 2.75) is 25.2 Å². The molecule has 0 aromatic heterocycles. The second kappa shape index (κ2) is 6.22. The van der Waals surface area contributed by atoms with Crippen molar-refractivity contribution in [2.75, 3.05) is 13.2 Å². The van der Waals surface area contributed by atoms with Crippen LogP contribution in [0, 0.1) is 6.92 Å². The van der Waals surface area contributed by atoms with Crippen LogP contribution in [0.4, 0.5) is 0 Å². The summed E-state index contributed by atoms with van der Waals surface area (Å²) in [5.41, 5.74) is 1.99. The molecule has 2 aromatic carbocycles. The van der Waals surface area contributed by atoms with Crippen LogP contribution in [-0.2, 0) is 10.2 Å². The molecule has 1 N–H and O–H groups in total. The fourth-order valence-corrected chi connectivity index (χ4v) is 2.74. The molecule has 0 saturated heterocycles. The van der Waals surface area contributed by atoms with Crippen molar-refractivity contribution in [2.24, 2.45) is 0 Å². The first-order valence-corrected chi connectivity index (χ1v) is 7.74. The third-order valence-electron chi connectivity index (χ3n) is 4.16. The van der Waals surface area contributed by atoms with Crippen LogP contribution in [0.3, 0.4) is 0 Å².